The lowest BCUT2D eigenvalue weighted by molar-refractivity contribution is -0.137. The number of aromatic nitrogens is 1. The minimum atomic E-state index is -0.815. The largest absolute Gasteiger partial charge is 0.436 e. The number of amides is 3. The highest BCUT2D eigenvalue weighted by molar-refractivity contribution is 6.23. The smallest absolute Gasteiger partial charge is 0.257 e. The molecule has 1 atom stereocenters. The van der Waals surface area contributed by atoms with Crippen LogP contribution < -0.4 is 4.90 Å². The van der Waals surface area contributed by atoms with E-state index >= 15 is 0 Å². The van der Waals surface area contributed by atoms with Gasteiger partial charge in [-0.05, 0) is 74.1 Å². The van der Waals surface area contributed by atoms with E-state index in [-0.39, 0.29) is 30.6 Å². The number of para-hydroxylation sites is 2. The number of hydrogen-bond acceptors (Lipinski definition) is 5. The van der Waals surface area contributed by atoms with Gasteiger partial charge >= 0.3 is 0 Å². The third-order valence-electron chi connectivity index (χ3n) is 7.74. The molecule has 3 aromatic carbocycles. The monoisotopic (exact) mass is 533 g/mol. The molecule has 0 saturated carbocycles. The van der Waals surface area contributed by atoms with Crippen LogP contribution in [0.2, 0.25) is 0 Å². The van der Waals surface area contributed by atoms with E-state index in [1.165, 1.54) is 16.9 Å². The van der Waals surface area contributed by atoms with E-state index in [2.05, 4.69) is 11.1 Å². The maximum Gasteiger partial charge on any atom is 0.257 e. The quantitative estimate of drug-likeness (QED) is 0.202. The minimum Gasteiger partial charge on any atom is -0.436 e. The van der Waals surface area contributed by atoms with Crippen LogP contribution >= 0.6 is 0 Å². The Morgan fingerprint density at radius 1 is 0.950 bits per heavy atom. The molecule has 2 heterocycles. The fourth-order valence-electron chi connectivity index (χ4n) is 5.60. The first-order chi connectivity index (χ1) is 19.6. The lowest BCUT2D eigenvalue weighted by atomic mass is 9.96. The molecule has 1 saturated heterocycles. The van der Waals surface area contributed by atoms with Gasteiger partial charge in [0.25, 0.3) is 5.91 Å². The molecule has 0 radical (unpaired) electrons. The van der Waals surface area contributed by atoms with Crippen LogP contribution in [0.5, 0.6) is 0 Å². The van der Waals surface area contributed by atoms with Gasteiger partial charge in [-0.25, -0.2) is 9.88 Å². The zero-order chi connectivity index (χ0) is 27.5. The fourth-order valence-corrected chi connectivity index (χ4v) is 5.60. The lowest BCUT2D eigenvalue weighted by Crippen LogP contribution is -2.46. The van der Waals surface area contributed by atoms with Crippen molar-refractivity contribution < 1.29 is 18.8 Å². The number of carbonyl (C=O) groups is 3. The van der Waals surface area contributed by atoms with E-state index in [4.69, 9.17) is 4.42 Å². The van der Waals surface area contributed by atoms with Crippen molar-refractivity contribution in [2.75, 3.05) is 11.4 Å². The van der Waals surface area contributed by atoms with Crippen LogP contribution in [0.3, 0.4) is 0 Å². The molecule has 7 heteroatoms. The molecule has 40 heavy (non-hydrogen) atoms. The second-order valence-corrected chi connectivity index (χ2v) is 10.4. The van der Waals surface area contributed by atoms with E-state index in [0.29, 0.717) is 23.7 Å². The molecule has 4 aromatic rings. The summed E-state index contributed by atoms with van der Waals surface area (Å²) in [5.41, 5.74) is 4.89. The number of benzene rings is 3. The van der Waals surface area contributed by atoms with Gasteiger partial charge in [-0.15, -0.1) is 0 Å². The van der Waals surface area contributed by atoms with Gasteiger partial charge in [0.15, 0.2) is 5.58 Å². The SMILES string of the molecule is O=C1CC(N(CCC2=CCCCC2)C(=O)Cc2ccccc2)C(=O)N1c1ccc(-c2nc3ccccc3o2)cc1. The Labute approximate surface area is 233 Å². The Bertz CT molecular complexity index is 1540. The van der Waals surface area contributed by atoms with Crippen LogP contribution in [0.1, 0.15) is 44.1 Å². The molecule has 1 unspecified atom stereocenters. The van der Waals surface area contributed by atoms with E-state index in [9.17, 15) is 14.4 Å². The van der Waals surface area contributed by atoms with Crippen LogP contribution in [0.25, 0.3) is 22.6 Å². The zero-order valence-corrected chi connectivity index (χ0v) is 22.3. The van der Waals surface area contributed by atoms with E-state index in [1.807, 2.05) is 54.6 Å². The van der Waals surface area contributed by atoms with Gasteiger partial charge in [0, 0.05) is 12.1 Å². The normalized spacial score (nSPS) is 17.4. The molecule has 0 bridgehead atoms. The highest BCUT2D eigenvalue weighted by Gasteiger charge is 2.44. The van der Waals surface area contributed by atoms with Crippen LogP contribution in [-0.4, -0.2) is 40.2 Å². The summed E-state index contributed by atoms with van der Waals surface area (Å²) < 4.78 is 5.85. The minimum absolute atomic E-state index is 0.0225. The van der Waals surface area contributed by atoms with Gasteiger partial charge in [-0.3, -0.25) is 14.4 Å². The number of oxazole rings is 1. The second kappa shape index (κ2) is 11.3. The van der Waals surface area contributed by atoms with Gasteiger partial charge in [0.1, 0.15) is 11.6 Å². The maximum atomic E-state index is 13.7. The molecular weight excluding hydrogens is 502 g/mol. The summed E-state index contributed by atoms with van der Waals surface area (Å²) >= 11 is 0. The van der Waals surface area contributed by atoms with Gasteiger partial charge in [0.05, 0.1) is 18.5 Å². The molecule has 6 rings (SSSR count). The lowest BCUT2D eigenvalue weighted by Gasteiger charge is -2.29. The molecule has 0 spiro atoms. The number of nitrogens with zero attached hydrogens (tertiary/aromatic N) is 3. The first-order valence-electron chi connectivity index (χ1n) is 13.9. The van der Waals surface area contributed by atoms with Gasteiger partial charge in [-0.1, -0.05) is 54.1 Å². The van der Waals surface area contributed by atoms with Crippen LogP contribution in [-0.2, 0) is 20.8 Å². The average Bonchev–Trinajstić information content (AvgIpc) is 3.55. The molecule has 1 aliphatic heterocycles. The van der Waals surface area contributed by atoms with Gasteiger partial charge in [0.2, 0.25) is 17.7 Å². The number of rotatable bonds is 8. The Morgan fingerprint density at radius 2 is 1.73 bits per heavy atom. The Hall–Kier alpha value is -4.52. The van der Waals surface area contributed by atoms with Crippen molar-refractivity contribution in [3.05, 3.63) is 96.1 Å². The summed E-state index contributed by atoms with van der Waals surface area (Å²) in [6.07, 6.45) is 7.57. The fraction of sp³-hybridized carbons (Fsp3) is 0.273. The Morgan fingerprint density at radius 3 is 2.48 bits per heavy atom. The highest BCUT2D eigenvalue weighted by Crippen LogP contribution is 2.31. The molecule has 1 aliphatic carbocycles. The third-order valence-corrected chi connectivity index (χ3v) is 7.74. The first-order valence-corrected chi connectivity index (χ1v) is 13.9. The third kappa shape index (κ3) is 5.32. The number of allylic oxidation sites excluding steroid dienone is 1. The summed E-state index contributed by atoms with van der Waals surface area (Å²) in [6.45, 7) is 0.422. The molecule has 2 aliphatic rings. The molecule has 7 nitrogen and oxygen atoms in total. The van der Waals surface area contributed by atoms with E-state index < -0.39 is 6.04 Å². The first kappa shape index (κ1) is 25.7. The highest BCUT2D eigenvalue weighted by atomic mass is 16.3. The zero-order valence-electron chi connectivity index (χ0n) is 22.3. The van der Waals surface area contributed by atoms with Crippen LogP contribution in [0.15, 0.2) is 94.9 Å². The molecule has 0 N–H and O–H groups in total. The number of imide groups is 1. The van der Waals surface area contributed by atoms with Crippen molar-refractivity contribution in [3.8, 4) is 11.5 Å². The van der Waals surface area contributed by atoms with Crippen molar-refractivity contribution in [1.29, 1.82) is 0 Å². The van der Waals surface area contributed by atoms with Crippen molar-refractivity contribution in [2.24, 2.45) is 0 Å². The molecule has 202 valence electrons. The van der Waals surface area contributed by atoms with Crippen LogP contribution in [0.4, 0.5) is 5.69 Å². The molecular formula is C33H31N3O4. The number of anilines is 1. The van der Waals surface area contributed by atoms with Crippen LogP contribution in [0, 0.1) is 0 Å². The average molecular weight is 534 g/mol. The Kier molecular flexibility index (Phi) is 7.27. The van der Waals surface area contributed by atoms with Crippen molar-refractivity contribution in [1.82, 2.24) is 9.88 Å². The van der Waals surface area contributed by atoms with Gasteiger partial charge < -0.3 is 9.32 Å². The molecule has 1 fully saturated rings. The summed E-state index contributed by atoms with van der Waals surface area (Å²) in [6, 6.07) is 23.3. The number of carbonyl (C=O) groups excluding carboxylic acids is 3. The summed E-state index contributed by atoms with van der Waals surface area (Å²) in [7, 11) is 0. The predicted molar refractivity (Wildman–Crippen MR) is 153 cm³/mol. The predicted octanol–water partition coefficient (Wildman–Crippen LogP) is 6.09. The summed E-state index contributed by atoms with van der Waals surface area (Å²) in [4.78, 5) is 47.8. The second-order valence-electron chi connectivity index (χ2n) is 10.4. The van der Waals surface area contributed by atoms with Crippen molar-refractivity contribution >= 4 is 34.5 Å². The van der Waals surface area contributed by atoms with Crippen molar-refractivity contribution in [2.45, 2.75) is 51.0 Å². The number of hydrogen-bond donors (Lipinski definition) is 0. The molecule has 3 amide bonds. The topological polar surface area (TPSA) is 83.7 Å². The standard InChI is InChI=1S/C33H31N3O4/c37-30(21-24-11-5-2-6-12-24)35(20-19-23-9-3-1-4-10-23)28-22-31(38)36(33(28)39)26-17-15-25(16-18-26)32-34-27-13-7-8-14-29(27)40-32/h2,5-9,11-18,28H,1,3-4,10,19-22H2. The summed E-state index contributed by atoms with van der Waals surface area (Å²) in [5, 5.41) is 0. The maximum absolute atomic E-state index is 13.7. The van der Waals surface area contributed by atoms with Gasteiger partial charge in [-0.2, -0.15) is 0 Å². The number of fused-ring (bicyclic) bond motifs is 1. The molecule has 1 aromatic heterocycles. The van der Waals surface area contributed by atoms with E-state index in [1.54, 1.807) is 29.2 Å². The van der Waals surface area contributed by atoms with Crippen molar-refractivity contribution in [3.63, 3.8) is 0 Å². The van der Waals surface area contributed by atoms with E-state index in [0.717, 1.165) is 42.3 Å². The summed E-state index contributed by atoms with van der Waals surface area (Å²) in [5.74, 6) is -0.334. The Balaban J connectivity index is 1.22.